The number of nitrogens with one attached hydrogen (secondary N) is 1. The monoisotopic (exact) mass is 356 g/mol. The lowest BCUT2D eigenvalue weighted by atomic mass is 10.2. The number of anilines is 1. The highest BCUT2D eigenvalue weighted by atomic mass is 79.9. The van der Waals surface area contributed by atoms with Gasteiger partial charge in [-0.3, -0.25) is 4.79 Å². The predicted octanol–water partition coefficient (Wildman–Crippen LogP) is 3.03. The third kappa shape index (κ3) is 5.56. The molecule has 1 amide bonds. The number of carbonyl (C=O) groups is 1. The maximum atomic E-state index is 13.0. The lowest BCUT2D eigenvalue weighted by Gasteiger charge is -2.11. The molecule has 0 radical (unpaired) electrons. The fraction of sp³-hybridized carbons (Fsp3) is 0.364. The largest absolute Gasteiger partial charge is 0.325 e. The third-order valence-corrected chi connectivity index (χ3v) is 3.41. The van der Waals surface area contributed by atoms with Gasteiger partial charge in [0, 0.05) is 5.69 Å². The fourth-order valence-corrected chi connectivity index (χ4v) is 2.05. The average molecular weight is 358 g/mol. The maximum Gasteiger partial charge on any atom is 0.241 e. The van der Waals surface area contributed by atoms with Crippen LogP contribution in [0.4, 0.5) is 10.1 Å². The number of hydrogen-bond donors (Lipinski definition) is 2. The van der Waals surface area contributed by atoms with Gasteiger partial charge in [-0.1, -0.05) is 0 Å². The molecule has 1 atom stereocenters. The normalized spacial score (nSPS) is 11.6. The Balaban J connectivity index is 0.00000289. The molecule has 0 aliphatic carbocycles. The van der Waals surface area contributed by atoms with E-state index in [1.807, 2.05) is 6.26 Å². The SMILES string of the molecule is CSCC[C@H](N)C(=O)Nc1ccc(F)c(Br)c1.Cl. The Morgan fingerprint density at radius 3 is 2.83 bits per heavy atom. The lowest BCUT2D eigenvalue weighted by Crippen LogP contribution is -2.36. The van der Waals surface area contributed by atoms with Gasteiger partial charge in [0.05, 0.1) is 10.5 Å². The van der Waals surface area contributed by atoms with Crippen LogP contribution in [0.5, 0.6) is 0 Å². The molecule has 0 aliphatic rings. The first-order valence-corrected chi connectivity index (χ1v) is 7.23. The molecule has 3 N–H and O–H groups in total. The molecule has 7 heteroatoms. The summed E-state index contributed by atoms with van der Waals surface area (Å²) in [4.78, 5) is 11.7. The van der Waals surface area contributed by atoms with Crippen LogP contribution in [0, 0.1) is 5.82 Å². The summed E-state index contributed by atoms with van der Waals surface area (Å²) in [5.41, 5.74) is 6.24. The molecule has 1 aromatic carbocycles. The third-order valence-electron chi connectivity index (χ3n) is 2.16. The molecule has 0 bridgehead atoms. The number of hydrogen-bond acceptors (Lipinski definition) is 3. The van der Waals surface area contributed by atoms with Crippen molar-refractivity contribution in [1.29, 1.82) is 0 Å². The zero-order chi connectivity index (χ0) is 12.8. The van der Waals surface area contributed by atoms with E-state index in [2.05, 4.69) is 21.2 Å². The van der Waals surface area contributed by atoms with E-state index in [4.69, 9.17) is 5.73 Å². The number of benzene rings is 1. The van der Waals surface area contributed by atoms with Crippen molar-refractivity contribution < 1.29 is 9.18 Å². The lowest BCUT2D eigenvalue weighted by molar-refractivity contribution is -0.117. The van der Waals surface area contributed by atoms with Crippen LogP contribution in [0.3, 0.4) is 0 Å². The van der Waals surface area contributed by atoms with Crippen molar-refractivity contribution in [1.82, 2.24) is 0 Å². The highest BCUT2D eigenvalue weighted by Gasteiger charge is 2.13. The standard InChI is InChI=1S/C11H14BrFN2OS.ClH/c1-17-5-4-10(14)11(16)15-7-2-3-9(13)8(12)6-7;/h2-3,6,10H,4-5,14H2,1H3,(H,15,16);1H/t10-;/m0./s1. The average Bonchev–Trinajstić information content (AvgIpc) is 2.30. The van der Waals surface area contributed by atoms with Gasteiger partial charge in [-0.15, -0.1) is 12.4 Å². The Kier molecular flexibility index (Phi) is 8.60. The van der Waals surface area contributed by atoms with E-state index in [9.17, 15) is 9.18 Å². The van der Waals surface area contributed by atoms with Crippen molar-refractivity contribution in [3.63, 3.8) is 0 Å². The Hall–Kier alpha value is -0.300. The van der Waals surface area contributed by atoms with Gasteiger partial charge in [0.25, 0.3) is 0 Å². The smallest absolute Gasteiger partial charge is 0.241 e. The number of nitrogens with two attached hydrogens (primary N) is 1. The van der Waals surface area contributed by atoms with Gasteiger partial charge in [0.2, 0.25) is 5.91 Å². The minimum Gasteiger partial charge on any atom is -0.325 e. The second kappa shape index (κ2) is 8.74. The second-order valence-electron chi connectivity index (χ2n) is 3.51. The van der Waals surface area contributed by atoms with E-state index >= 15 is 0 Å². The molecular weight excluding hydrogens is 343 g/mol. The molecule has 18 heavy (non-hydrogen) atoms. The minimum atomic E-state index is -0.536. The predicted molar refractivity (Wildman–Crippen MR) is 81.0 cm³/mol. The van der Waals surface area contributed by atoms with Crippen molar-refractivity contribution in [3.05, 3.63) is 28.5 Å². The van der Waals surface area contributed by atoms with Gasteiger partial charge in [-0.2, -0.15) is 11.8 Å². The number of halogens is 3. The van der Waals surface area contributed by atoms with Gasteiger partial charge in [-0.25, -0.2) is 4.39 Å². The summed E-state index contributed by atoms with van der Waals surface area (Å²) < 4.78 is 13.3. The van der Waals surface area contributed by atoms with Crippen molar-refractivity contribution in [3.8, 4) is 0 Å². The van der Waals surface area contributed by atoms with Crippen molar-refractivity contribution in [2.75, 3.05) is 17.3 Å². The van der Waals surface area contributed by atoms with Gasteiger partial charge < -0.3 is 11.1 Å². The summed E-state index contributed by atoms with van der Waals surface area (Å²) in [5.74, 6) is 0.217. The summed E-state index contributed by atoms with van der Waals surface area (Å²) in [6, 6.07) is 3.76. The number of thioether (sulfide) groups is 1. The van der Waals surface area contributed by atoms with Crippen LogP contribution >= 0.6 is 40.1 Å². The zero-order valence-corrected chi connectivity index (χ0v) is 13.0. The molecule has 1 rings (SSSR count). The summed E-state index contributed by atoms with van der Waals surface area (Å²) in [5, 5.41) is 2.65. The molecule has 0 saturated carbocycles. The second-order valence-corrected chi connectivity index (χ2v) is 5.35. The van der Waals surface area contributed by atoms with Crippen LogP contribution in [0.2, 0.25) is 0 Å². The zero-order valence-electron chi connectivity index (χ0n) is 9.78. The topological polar surface area (TPSA) is 55.1 Å². The molecule has 0 fully saturated rings. The van der Waals surface area contributed by atoms with Crippen molar-refractivity contribution in [2.45, 2.75) is 12.5 Å². The Morgan fingerprint density at radius 2 is 2.28 bits per heavy atom. The molecule has 3 nitrogen and oxygen atoms in total. The van der Waals surface area contributed by atoms with E-state index in [1.165, 1.54) is 18.2 Å². The van der Waals surface area contributed by atoms with Gasteiger partial charge in [0.15, 0.2) is 0 Å². The summed E-state index contributed by atoms with van der Waals surface area (Å²) in [6.07, 6.45) is 2.58. The van der Waals surface area contributed by atoms with Crippen LogP contribution in [0.1, 0.15) is 6.42 Å². The van der Waals surface area contributed by atoms with Gasteiger partial charge in [-0.05, 0) is 52.6 Å². The van der Waals surface area contributed by atoms with Crippen LogP contribution in [0.15, 0.2) is 22.7 Å². The molecule has 0 unspecified atom stereocenters. The molecule has 0 saturated heterocycles. The summed E-state index contributed by atoms with van der Waals surface area (Å²) in [7, 11) is 0. The van der Waals surface area contributed by atoms with Gasteiger partial charge in [0.1, 0.15) is 5.82 Å². The summed E-state index contributed by atoms with van der Waals surface area (Å²) >= 11 is 4.70. The minimum absolute atomic E-state index is 0. The molecule has 0 heterocycles. The Labute approximate surface area is 125 Å². The van der Waals surface area contributed by atoms with E-state index in [0.29, 0.717) is 16.6 Å². The Bertz CT molecular complexity index is 409. The Morgan fingerprint density at radius 1 is 1.61 bits per heavy atom. The van der Waals surface area contributed by atoms with Crippen LogP contribution in [-0.4, -0.2) is 24.0 Å². The quantitative estimate of drug-likeness (QED) is 0.851. The molecule has 102 valence electrons. The molecular formula is C11H15BrClFN2OS. The van der Waals surface area contributed by atoms with E-state index in [1.54, 1.807) is 11.8 Å². The first-order valence-electron chi connectivity index (χ1n) is 5.05. The van der Waals surface area contributed by atoms with Gasteiger partial charge >= 0.3 is 0 Å². The van der Waals surface area contributed by atoms with Crippen LogP contribution in [0.25, 0.3) is 0 Å². The van der Waals surface area contributed by atoms with Crippen molar-refractivity contribution in [2.24, 2.45) is 5.73 Å². The number of amides is 1. The highest BCUT2D eigenvalue weighted by Crippen LogP contribution is 2.20. The molecule has 1 aromatic rings. The van der Waals surface area contributed by atoms with Crippen molar-refractivity contribution >= 4 is 51.7 Å². The summed E-state index contributed by atoms with van der Waals surface area (Å²) in [6.45, 7) is 0. The highest BCUT2D eigenvalue weighted by molar-refractivity contribution is 9.10. The van der Waals surface area contributed by atoms with E-state index in [0.717, 1.165) is 5.75 Å². The van der Waals surface area contributed by atoms with E-state index in [-0.39, 0.29) is 24.1 Å². The maximum absolute atomic E-state index is 13.0. The number of carbonyl (C=O) groups excluding carboxylic acids is 1. The van der Waals surface area contributed by atoms with Crippen LogP contribution in [-0.2, 0) is 4.79 Å². The van der Waals surface area contributed by atoms with E-state index < -0.39 is 6.04 Å². The number of rotatable bonds is 5. The molecule has 0 aliphatic heterocycles. The first-order chi connectivity index (χ1) is 8.04. The molecule has 0 aromatic heterocycles. The van der Waals surface area contributed by atoms with Crippen LogP contribution < -0.4 is 11.1 Å². The first kappa shape index (κ1) is 17.7. The molecule has 0 spiro atoms. The fourth-order valence-electron chi connectivity index (χ4n) is 1.18.